The fourth-order valence-corrected chi connectivity index (χ4v) is 2.81. The summed E-state index contributed by atoms with van der Waals surface area (Å²) < 4.78 is 0. The van der Waals surface area contributed by atoms with E-state index in [1.54, 1.807) is 13.0 Å². The van der Waals surface area contributed by atoms with Crippen LogP contribution in [-0.2, 0) is 0 Å². The maximum Gasteiger partial charge on any atom is 0.154 e. The van der Waals surface area contributed by atoms with E-state index in [9.17, 15) is 15.0 Å². The number of phenols is 2. The second kappa shape index (κ2) is 8.97. The lowest BCUT2D eigenvalue weighted by Gasteiger charge is -2.13. The molecule has 0 aliphatic heterocycles. The molecule has 0 aliphatic rings. The third kappa shape index (κ3) is 5.00. The third-order valence-corrected chi connectivity index (χ3v) is 4.70. The molecule has 23 heavy (non-hydrogen) atoms. The Morgan fingerprint density at radius 3 is 2.30 bits per heavy atom. The summed E-state index contributed by atoms with van der Waals surface area (Å²) in [4.78, 5) is 11.1. The highest BCUT2D eigenvalue weighted by molar-refractivity contribution is 6.33. The third-order valence-electron chi connectivity index (χ3n) is 4.24. The van der Waals surface area contributed by atoms with Crippen LogP contribution in [0.4, 0.5) is 0 Å². The van der Waals surface area contributed by atoms with Crippen molar-refractivity contribution < 1.29 is 15.0 Å². The number of carbonyl (C=O) groups is 1. The molecule has 0 saturated carbocycles. The molecule has 3 nitrogen and oxygen atoms in total. The fraction of sp³-hybridized carbons (Fsp3) is 0.526. The standard InChI is InChI=1S/C19H27ClO3/c1-5-14(8-6-7-12(2)3)9-10-15-18(22)16(11-21)13(4)17(20)19(15)23/h9-12,14,22-23H,5-8H2,1-4H3/b10-9+. The second-order valence-corrected chi connectivity index (χ2v) is 6.81. The van der Waals surface area contributed by atoms with Crippen molar-refractivity contribution in [1.82, 2.24) is 0 Å². The van der Waals surface area contributed by atoms with Crippen LogP contribution in [0.25, 0.3) is 6.08 Å². The second-order valence-electron chi connectivity index (χ2n) is 6.43. The molecule has 1 aromatic rings. The number of carbonyl (C=O) groups excluding carboxylic acids is 1. The highest BCUT2D eigenvalue weighted by atomic mass is 35.5. The molecule has 0 aromatic heterocycles. The SMILES string of the molecule is CCC(/C=C/c1c(O)c(Cl)c(C)c(C=O)c1O)CCCC(C)C. The summed E-state index contributed by atoms with van der Waals surface area (Å²) in [5.74, 6) is 0.663. The molecular weight excluding hydrogens is 312 g/mol. The Kier molecular flexibility index (Phi) is 7.63. The van der Waals surface area contributed by atoms with Crippen molar-refractivity contribution in [1.29, 1.82) is 0 Å². The number of hydrogen-bond donors (Lipinski definition) is 2. The molecule has 4 heteroatoms. The van der Waals surface area contributed by atoms with Crippen LogP contribution in [0.5, 0.6) is 11.5 Å². The van der Waals surface area contributed by atoms with Gasteiger partial charge < -0.3 is 10.2 Å². The van der Waals surface area contributed by atoms with Crippen LogP contribution >= 0.6 is 11.6 Å². The first-order valence-electron chi connectivity index (χ1n) is 8.20. The number of aldehydes is 1. The maximum atomic E-state index is 11.1. The zero-order chi connectivity index (χ0) is 17.6. The smallest absolute Gasteiger partial charge is 0.154 e. The molecule has 0 saturated heterocycles. The molecule has 2 N–H and O–H groups in total. The summed E-state index contributed by atoms with van der Waals surface area (Å²) in [6, 6.07) is 0. The molecule has 128 valence electrons. The van der Waals surface area contributed by atoms with E-state index in [1.807, 2.05) is 6.08 Å². The Morgan fingerprint density at radius 2 is 1.78 bits per heavy atom. The zero-order valence-electron chi connectivity index (χ0n) is 14.4. The zero-order valence-corrected chi connectivity index (χ0v) is 15.2. The molecule has 0 bridgehead atoms. The van der Waals surface area contributed by atoms with E-state index >= 15 is 0 Å². The topological polar surface area (TPSA) is 57.5 Å². The van der Waals surface area contributed by atoms with E-state index in [0.717, 1.165) is 19.3 Å². The highest BCUT2D eigenvalue weighted by Gasteiger charge is 2.18. The van der Waals surface area contributed by atoms with Crippen molar-refractivity contribution in [3.8, 4) is 11.5 Å². The number of halogens is 1. The van der Waals surface area contributed by atoms with Crippen molar-refractivity contribution in [3.05, 3.63) is 27.8 Å². The summed E-state index contributed by atoms with van der Waals surface area (Å²) in [7, 11) is 0. The normalized spacial score (nSPS) is 13.0. The van der Waals surface area contributed by atoms with Crippen LogP contribution in [0.3, 0.4) is 0 Å². The van der Waals surface area contributed by atoms with E-state index in [-0.39, 0.29) is 27.6 Å². The van der Waals surface area contributed by atoms with Gasteiger partial charge >= 0.3 is 0 Å². The van der Waals surface area contributed by atoms with Gasteiger partial charge in [0, 0.05) is 0 Å². The van der Waals surface area contributed by atoms with Gasteiger partial charge in [0.05, 0.1) is 16.1 Å². The molecule has 0 aliphatic carbocycles. The summed E-state index contributed by atoms with van der Waals surface area (Å²) >= 11 is 6.05. The van der Waals surface area contributed by atoms with Gasteiger partial charge in [-0.25, -0.2) is 0 Å². The number of allylic oxidation sites excluding steroid dienone is 1. The molecule has 0 fully saturated rings. The number of benzene rings is 1. The van der Waals surface area contributed by atoms with Gasteiger partial charge in [-0.3, -0.25) is 4.79 Å². The first kappa shape index (κ1) is 19.6. The van der Waals surface area contributed by atoms with Crippen molar-refractivity contribution in [3.63, 3.8) is 0 Å². The summed E-state index contributed by atoms with van der Waals surface area (Å²) in [5.41, 5.74) is 0.725. The molecule has 0 spiro atoms. The summed E-state index contributed by atoms with van der Waals surface area (Å²) in [5, 5.41) is 20.5. The largest absolute Gasteiger partial charge is 0.506 e. The molecule has 0 radical (unpaired) electrons. The van der Waals surface area contributed by atoms with Gasteiger partial charge in [-0.05, 0) is 37.2 Å². The Balaban J connectivity index is 3.02. The molecule has 1 atom stereocenters. The van der Waals surface area contributed by atoms with E-state index in [0.29, 0.717) is 23.7 Å². The molecular formula is C19H27ClO3. The minimum atomic E-state index is -0.215. The van der Waals surface area contributed by atoms with E-state index in [2.05, 4.69) is 20.8 Å². The van der Waals surface area contributed by atoms with Gasteiger partial charge in [0.25, 0.3) is 0 Å². The van der Waals surface area contributed by atoms with Crippen LogP contribution in [0, 0.1) is 18.8 Å². The molecule has 0 amide bonds. The molecule has 0 heterocycles. The highest BCUT2D eigenvalue weighted by Crippen LogP contribution is 2.41. The Bertz CT molecular complexity index is 577. The summed E-state index contributed by atoms with van der Waals surface area (Å²) in [6.45, 7) is 8.13. The first-order valence-corrected chi connectivity index (χ1v) is 8.58. The predicted molar refractivity (Wildman–Crippen MR) is 96.4 cm³/mol. The fourth-order valence-electron chi connectivity index (χ4n) is 2.61. The quantitative estimate of drug-likeness (QED) is 0.594. The van der Waals surface area contributed by atoms with Gasteiger partial charge in [-0.15, -0.1) is 0 Å². The van der Waals surface area contributed by atoms with E-state index < -0.39 is 0 Å². The van der Waals surface area contributed by atoms with Gasteiger partial charge in [0.15, 0.2) is 6.29 Å². The van der Waals surface area contributed by atoms with Gasteiger partial charge in [0.1, 0.15) is 11.5 Å². The van der Waals surface area contributed by atoms with Crippen LogP contribution in [0.2, 0.25) is 5.02 Å². The average Bonchev–Trinajstić information content (AvgIpc) is 2.51. The number of aromatic hydroxyl groups is 2. The van der Waals surface area contributed by atoms with Gasteiger partial charge in [-0.1, -0.05) is 57.4 Å². The number of hydrogen-bond acceptors (Lipinski definition) is 3. The lowest BCUT2D eigenvalue weighted by atomic mass is 9.94. The van der Waals surface area contributed by atoms with Crippen LogP contribution in [-0.4, -0.2) is 16.5 Å². The van der Waals surface area contributed by atoms with Crippen molar-refractivity contribution in [2.24, 2.45) is 11.8 Å². The van der Waals surface area contributed by atoms with Gasteiger partial charge in [-0.2, -0.15) is 0 Å². The average molecular weight is 339 g/mol. The minimum Gasteiger partial charge on any atom is -0.506 e. The first-order chi connectivity index (χ1) is 10.8. The van der Waals surface area contributed by atoms with Gasteiger partial charge in [0.2, 0.25) is 0 Å². The Labute approximate surface area is 144 Å². The van der Waals surface area contributed by atoms with E-state index in [1.165, 1.54) is 6.42 Å². The van der Waals surface area contributed by atoms with Crippen LogP contribution < -0.4 is 0 Å². The monoisotopic (exact) mass is 338 g/mol. The number of phenolic OH excluding ortho intramolecular Hbond substituents is 2. The predicted octanol–water partition coefficient (Wildman–Crippen LogP) is 5.74. The molecule has 1 aromatic carbocycles. The van der Waals surface area contributed by atoms with Crippen molar-refractivity contribution >= 4 is 24.0 Å². The maximum absolute atomic E-state index is 11.1. The van der Waals surface area contributed by atoms with E-state index in [4.69, 9.17) is 11.6 Å². The van der Waals surface area contributed by atoms with Crippen molar-refractivity contribution in [2.45, 2.75) is 53.4 Å². The Hall–Kier alpha value is -1.48. The minimum absolute atomic E-state index is 0.109. The molecule has 1 rings (SSSR count). The summed E-state index contributed by atoms with van der Waals surface area (Å²) in [6.07, 6.45) is 8.59. The Morgan fingerprint density at radius 1 is 1.13 bits per heavy atom. The van der Waals surface area contributed by atoms with Crippen molar-refractivity contribution in [2.75, 3.05) is 0 Å². The lowest BCUT2D eigenvalue weighted by molar-refractivity contribution is 0.112. The lowest BCUT2D eigenvalue weighted by Crippen LogP contribution is -1.97. The number of rotatable bonds is 8. The van der Waals surface area contributed by atoms with Crippen LogP contribution in [0.15, 0.2) is 6.08 Å². The van der Waals surface area contributed by atoms with Crippen LogP contribution in [0.1, 0.15) is 67.9 Å². The molecule has 1 unspecified atom stereocenters.